The van der Waals surface area contributed by atoms with E-state index in [1.165, 1.54) is 18.2 Å². The summed E-state index contributed by atoms with van der Waals surface area (Å²) in [4.78, 5) is 4.13. The van der Waals surface area contributed by atoms with Gasteiger partial charge in [-0.05, 0) is 24.3 Å². The van der Waals surface area contributed by atoms with Crippen LogP contribution in [0.3, 0.4) is 0 Å². The number of benzene rings is 1. The van der Waals surface area contributed by atoms with Crippen LogP contribution in [0.5, 0.6) is 0 Å². The van der Waals surface area contributed by atoms with Gasteiger partial charge < -0.3 is 0 Å². The highest BCUT2D eigenvalue weighted by atomic mass is 35.5. The predicted octanol–water partition coefficient (Wildman–Crippen LogP) is 4.84. The molecular weight excluding hydrogens is 260 g/mol. The minimum absolute atomic E-state index is 0.329. The van der Waals surface area contributed by atoms with Gasteiger partial charge in [-0.2, -0.15) is 0 Å². The maximum atomic E-state index is 13.6. The number of rotatable bonds is 2. The molecule has 0 N–H and O–H groups in total. The van der Waals surface area contributed by atoms with Crippen LogP contribution < -0.4 is 0 Å². The van der Waals surface area contributed by atoms with Crippen molar-refractivity contribution in [3.05, 3.63) is 58.5 Å². The second kappa shape index (κ2) is 4.86. The number of halogens is 3. The van der Waals surface area contributed by atoms with Crippen LogP contribution >= 0.6 is 23.2 Å². The molecule has 86 valence electrons. The first-order chi connectivity index (χ1) is 8.11. The van der Waals surface area contributed by atoms with Crippen LogP contribution in [0, 0.1) is 5.82 Å². The Bertz CT molecular complexity index is 582. The lowest BCUT2D eigenvalue weighted by atomic mass is 10.1. The van der Waals surface area contributed by atoms with E-state index in [1.807, 2.05) is 0 Å². The zero-order chi connectivity index (χ0) is 12.4. The lowest BCUT2D eigenvalue weighted by molar-refractivity contribution is 0.631. The quantitative estimate of drug-likeness (QED) is 0.759. The molecule has 0 bridgehead atoms. The summed E-state index contributed by atoms with van der Waals surface area (Å²) in [5, 5.41) is 0.927. The summed E-state index contributed by atoms with van der Waals surface area (Å²) in [6.45, 7) is 3.61. The summed E-state index contributed by atoms with van der Waals surface area (Å²) >= 11 is 11.8. The molecule has 2 aromatic rings. The van der Waals surface area contributed by atoms with E-state index in [-0.39, 0.29) is 5.82 Å². The van der Waals surface area contributed by atoms with Gasteiger partial charge in [-0.3, -0.25) is 4.98 Å². The topological polar surface area (TPSA) is 12.9 Å². The molecule has 0 aliphatic carbocycles. The Morgan fingerprint density at radius 3 is 2.65 bits per heavy atom. The Labute approximate surface area is 109 Å². The van der Waals surface area contributed by atoms with E-state index in [2.05, 4.69) is 11.6 Å². The maximum absolute atomic E-state index is 13.6. The zero-order valence-corrected chi connectivity index (χ0v) is 10.3. The summed E-state index contributed by atoms with van der Waals surface area (Å²) in [6, 6.07) is 5.89. The van der Waals surface area contributed by atoms with Gasteiger partial charge in [0.1, 0.15) is 5.82 Å². The molecule has 0 saturated heterocycles. The summed E-state index contributed by atoms with van der Waals surface area (Å²) in [7, 11) is 0. The highest BCUT2D eigenvalue weighted by molar-refractivity contribution is 6.32. The van der Waals surface area contributed by atoms with Gasteiger partial charge >= 0.3 is 0 Å². The molecule has 0 radical (unpaired) electrons. The molecule has 1 aromatic heterocycles. The molecule has 0 aliphatic rings. The fourth-order valence-corrected chi connectivity index (χ4v) is 1.83. The lowest BCUT2D eigenvalue weighted by Crippen LogP contribution is -1.89. The van der Waals surface area contributed by atoms with Gasteiger partial charge in [0.2, 0.25) is 0 Å². The van der Waals surface area contributed by atoms with Gasteiger partial charge in [0.15, 0.2) is 0 Å². The van der Waals surface area contributed by atoms with Gasteiger partial charge in [0.05, 0.1) is 10.7 Å². The van der Waals surface area contributed by atoms with E-state index in [1.54, 1.807) is 18.3 Å². The summed E-state index contributed by atoms with van der Waals surface area (Å²) < 4.78 is 13.6. The molecule has 2 rings (SSSR count). The lowest BCUT2D eigenvalue weighted by Gasteiger charge is -2.05. The molecule has 1 aromatic carbocycles. The van der Waals surface area contributed by atoms with E-state index >= 15 is 0 Å². The van der Waals surface area contributed by atoms with Crippen molar-refractivity contribution in [2.24, 2.45) is 0 Å². The van der Waals surface area contributed by atoms with Gasteiger partial charge in [-0.1, -0.05) is 35.9 Å². The molecule has 1 nitrogen and oxygen atoms in total. The van der Waals surface area contributed by atoms with Crippen LogP contribution in [0.25, 0.3) is 17.3 Å². The monoisotopic (exact) mass is 267 g/mol. The summed E-state index contributed by atoms with van der Waals surface area (Å²) in [5.74, 6) is -0.385. The molecule has 0 atom stereocenters. The van der Waals surface area contributed by atoms with Crippen LogP contribution in [-0.2, 0) is 0 Å². The van der Waals surface area contributed by atoms with E-state index in [4.69, 9.17) is 23.2 Å². The number of aromatic nitrogens is 1. The summed E-state index contributed by atoms with van der Waals surface area (Å²) in [6.07, 6.45) is 3.14. The number of hydrogen-bond acceptors (Lipinski definition) is 1. The van der Waals surface area contributed by atoms with Gasteiger partial charge in [0.25, 0.3) is 0 Å². The molecule has 0 fully saturated rings. The van der Waals surface area contributed by atoms with Gasteiger partial charge in [-0.15, -0.1) is 0 Å². The first-order valence-electron chi connectivity index (χ1n) is 4.85. The minimum atomic E-state index is -0.385. The smallest absolute Gasteiger partial charge is 0.132 e. The van der Waals surface area contributed by atoms with Crippen LogP contribution in [-0.4, -0.2) is 4.98 Å². The third-order valence-electron chi connectivity index (χ3n) is 2.31. The Morgan fingerprint density at radius 2 is 2.00 bits per heavy atom. The molecule has 0 spiro atoms. The molecule has 4 heteroatoms. The minimum Gasteiger partial charge on any atom is -0.255 e. The predicted molar refractivity (Wildman–Crippen MR) is 69.7 cm³/mol. The van der Waals surface area contributed by atoms with Crippen molar-refractivity contribution >= 4 is 29.3 Å². The van der Waals surface area contributed by atoms with Crippen molar-refractivity contribution in [2.75, 3.05) is 0 Å². The molecule has 0 saturated carbocycles. The first-order valence-corrected chi connectivity index (χ1v) is 5.61. The molecule has 0 amide bonds. The van der Waals surface area contributed by atoms with Gasteiger partial charge in [0, 0.05) is 22.3 Å². The fraction of sp³-hybridized carbons (Fsp3) is 0. The average molecular weight is 268 g/mol. The Kier molecular flexibility index (Phi) is 3.46. The SMILES string of the molecule is C=Cc1cnc(-c2cc(Cl)ccc2F)cc1Cl. The number of hydrogen-bond donors (Lipinski definition) is 0. The van der Waals surface area contributed by atoms with Crippen LogP contribution in [0.2, 0.25) is 10.0 Å². The van der Waals surface area contributed by atoms with Crippen LogP contribution in [0.4, 0.5) is 4.39 Å². The van der Waals surface area contributed by atoms with Crippen molar-refractivity contribution in [1.82, 2.24) is 4.98 Å². The van der Waals surface area contributed by atoms with Crippen LogP contribution in [0.15, 0.2) is 37.0 Å². The molecule has 0 aliphatic heterocycles. The Morgan fingerprint density at radius 1 is 1.24 bits per heavy atom. The fourth-order valence-electron chi connectivity index (χ4n) is 1.43. The summed E-state index contributed by atoms with van der Waals surface area (Å²) in [5.41, 5.74) is 1.48. The largest absolute Gasteiger partial charge is 0.255 e. The molecule has 17 heavy (non-hydrogen) atoms. The number of nitrogens with zero attached hydrogens (tertiary/aromatic N) is 1. The van der Waals surface area contributed by atoms with Crippen molar-refractivity contribution < 1.29 is 4.39 Å². The number of pyridine rings is 1. The van der Waals surface area contributed by atoms with E-state index in [0.717, 1.165) is 0 Å². The Hall–Kier alpha value is -1.38. The molecule has 1 heterocycles. The van der Waals surface area contributed by atoms with Crippen molar-refractivity contribution in [3.63, 3.8) is 0 Å². The molecular formula is C13H8Cl2FN. The van der Waals surface area contributed by atoms with Crippen molar-refractivity contribution in [1.29, 1.82) is 0 Å². The normalized spacial score (nSPS) is 10.3. The van der Waals surface area contributed by atoms with E-state index in [9.17, 15) is 4.39 Å². The van der Waals surface area contributed by atoms with Crippen LogP contribution in [0.1, 0.15) is 5.56 Å². The van der Waals surface area contributed by atoms with Gasteiger partial charge in [-0.25, -0.2) is 4.39 Å². The van der Waals surface area contributed by atoms with Crippen molar-refractivity contribution in [3.8, 4) is 11.3 Å². The standard InChI is InChI=1S/C13H8Cl2FN/c1-2-8-7-17-13(6-11(8)15)10-5-9(14)3-4-12(10)16/h2-7H,1H2. The van der Waals surface area contributed by atoms with E-state index in [0.29, 0.717) is 26.9 Å². The first kappa shape index (κ1) is 12.1. The third kappa shape index (κ3) is 2.48. The highest BCUT2D eigenvalue weighted by Crippen LogP contribution is 2.27. The third-order valence-corrected chi connectivity index (χ3v) is 2.87. The Balaban J connectivity index is 2.57. The molecule has 0 unspecified atom stereocenters. The zero-order valence-electron chi connectivity index (χ0n) is 8.75. The second-order valence-corrected chi connectivity index (χ2v) is 4.26. The van der Waals surface area contributed by atoms with E-state index < -0.39 is 0 Å². The highest BCUT2D eigenvalue weighted by Gasteiger charge is 2.09. The van der Waals surface area contributed by atoms with Crippen molar-refractivity contribution in [2.45, 2.75) is 0 Å². The maximum Gasteiger partial charge on any atom is 0.132 e. The average Bonchev–Trinajstić information content (AvgIpc) is 2.32. The second-order valence-electron chi connectivity index (χ2n) is 3.42.